The molecule has 2 aromatic rings. The molecule has 0 saturated heterocycles. The quantitative estimate of drug-likeness (QED) is 0.564. The predicted octanol–water partition coefficient (Wildman–Crippen LogP) is -2.08. The first-order chi connectivity index (χ1) is 7.82. The molecule has 14 heavy (non-hydrogen) atoms. The fourth-order valence-electron chi connectivity index (χ4n) is 0.979. The van der Waals surface area contributed by atoms with Gasteiger partial charge in [-0.2, -0.15) is 4.68 Å². The van der Waals surface area contributed by atoms with Crippen LogP contribution in [-0.2, 0) is 6.98 Å². The minimum absolute atomic E-state index is 0.178. The lowest BCUT2D eigenvalue weighted by atomic mass is 10.4. The molecular weight excluding hydrogens is 188 g/mol. The third kappa shape index (κ3) is 0.969. The van der Waals surface area contributed by atoms with Crippen LogP contribution in [0, 0.1) is 0 Å². The van der Waals surface area contributed by atoms with Crippen LogP contribution >= 0.6 is 0 Å². The minimum atomic E-state index is -2.75. The summed E-state index contributed by atoms with van der Waals surface area (Å²) in [6.07, 6.45) is 0.967. The van der Waals surface area contributed by atoms with E-state index in [-0.39, 0.29) is 16.0 Å². The second-order valence-electron chi connectivity index (χ2n) is 2.43. The van der Waals surface area contributed by atoms with Crippen molar-refractivity contribution >= 4 is 11.6 Å². The number of hydrogen-bond donors (Lipinski definition) is 1. The first-order valence-corrected chi connectivity index (χ1v) is 3.45. The van der Waals surface area contributed by atoms with Crippen LogP contribution in [0.3, 0.4) is 0 Å². The highest BCUT2D eigenvalue weighted by molar-refractivity contribution is 5.96. The zero-order valence-corrected chi connectivity index (χ0v) is 6.71. The number of aromatic nitrogens is 5. The standard InChI is InChI=1S/C6H6N6O2/c1-11-6(14)12-2-8-3(4(7)13)5(12)9-10-11/h2H,1H3,(H2,7,13)/i1D3. The number of hydrogen-bond acceptors (Lipinski definition) is 5. The van der Waals surface area contributed by atoms with Gasteiger partial charge in [-0.25, -0.2) is 14.2 Å². The Morgan fingerprint density at radius 3 is 3.14 bits per heavy atom. The Hall–Kier alpha value is -2.25. The second kappa shape index (κ2) is 2.62. The molecule has 0 saturated carbocycles. The lowest BCUT2D eigenvalue weighted by Crippen LogP contribution is -2.27. The Kier molecular flexibility index (Phi) is 1.02. The Morgan fingerprint density at radius 1 is 1.71 bits per heavy atom. The van der Waals surface area contributed by atoms with Crippen molar-refractivity contribution in [2.45, 2.75) is 0 Å². The number of carbonyl (C=O) groups excluding carboxylic acids is 1. The highest BCUT2D eigenvalue weighted by Gasteiger charge is 2.13. The second-order valence-corrected chi connectivity index (χ2v) is 2.43. The zero-order valence-electron chi connectivity index (χ0n) is 9.71. The molecule has 2 rings (SSSR count). The van der Waals surface area contributed by atoms with Crippen molar-refractivity contribution in [1.82, 2.24) is 24.4 Å². The van der Waals surface area contributed by atoms with Crippen LogP contribution in [0.5, 0.6) is 0 Å². The number of amides is 1. The van der Waals surface area contributed by atoms with E-state index in [9.17, 15) is 9.59 Å². The van der Waals surface area contributed by atoms with Crippen molar-refractivity contribution in [3.05, 3.63) is 22.5 Å². The first kappa shape index (κ1) is 5.47. The molecule has 72 valence electrons. The number of carbonyl (C=O) groups is 1. The van der Waals surface area contributed by atoms with E-state index < -0.39 is 18.6 Å². The summed E-state index contributed by atoms with van der Waals surface area (Å²) < 4.78 is 22.2. The maximum Gasteiger partial charge on any atom is 0.352 e. The van der Waals surface area contributed by atoms with Crippen LogP contribution in [0.25, 0.3) is 5.65 Å². The summed E-state index contributed by atoms with van der Waals surface area (Å²) >= 11 is 0. The van der Waals surface area contributed by atoms with Gasteiger partial charge >= 0.3 is 5.69 Å². The molecule has 0 unspecified atom stereocenters. The summed E-state index contributed by atoms with van der Waals surface area (Å²) in [7, 11) is 0. The first-order valence-electron chi connectivity index (χ1n) is 4.95. The largest absolute Gasteiger partial charge is 0.364 e. The number of fused-ring (bicyclic) bond motifs is 1. The van der Waals surface area contributed by atoms with Gasteiger partial charge in [0.2, 0.25) is 0 Å². The van der Waals surface area contributed by atoms with Gasteiger partial charge in [-0.3, -0.25) is 4.79 Å². The summed E-state index contributed by atoms with van der Waals surface area (Å²) in [5.41, 5.74) is 3.60. The number of nitrogens with zero attached hydrogens (tertiary/aromatic N) is 5. The predicted molar refractivity (Wildman–Crippen MR) is 44.5 cm³/mol. The van der Waals surface area contributed by atoms with E-state index in [0.29, 0.717) is 0 Å². The summed E-state index contributed by atoms with van der Waals surface area (Å²) in [5, 5.41) is 6.66. The Balaban J connectivity index is 2.80. The third-order valence-electron chi connectivity index (χ3n) is 1.59. The molecule has 0 spiro atoms. The molecule has 2 N–H and O–H groups in total. The molecule has 1 amide bonds. The molecule has 0 aliphatic carbocycles. The Labute approximate surface area is 81.2 Å². The Morgan fingerprint density at radius 2 is 2.50 bits per heavy atom. The monoisotopic (exact) mass is 197 g/mol. The van der Waals surface area contributed by atoms with E-state index in [1.165, 1.54) is 0 Å². The van der Waals surface area contributed by atoms with Crippen molar-refractivity contribution in [1.29, 1.82) is 0 Å². The molecular formula is C6H6N6O2. The van der Waals surface area contributed by atoms with Gasteiger partial charge in [0.15, 0.2) is 11.3 Å². The van der Waals surface area contributed by atoms with Gasteiger partial charge in [-0.05, 0) is 0 Å². The van der Waals surface area contributed by atoms with Gasteiger partial charge in [0.1, 0.15) is 6.33 Å². The fraction of sp³-hybridized carbons (Fsp3) is 0.167. The topological polar surface area (TPSA) is 108 Å². The van der Waals surface area contributed by atoms with Crippen molar-refractivity contribution < 1.29 is 8.91 Å². The maximum absolute atomic E-state index is 11.7. The molecule has 0 aromatic carbocycles. The van der Waals surface area contributed by atoms with E-state index >= 15 is 0 Å². The van der Waals surface area contributed by atoms with Crippen LogP contribution in [0.2, 0.25) is 0 Å². The molecule has 2 heterocycles. The number of rotatable bonds is 1. The molecule has 0 fully saturated rings. The Bertz CT molecular complexity index is 656. The van der Waals surface area contributed by atoms with Crippen LogP contribution in [0.15, 0.2) is 11.1 Å². The summed E-state index contributed by atoms with van der Waals surface area (Å²) in [6, 6.07) is 0. The molecule has 0 aliphatic heterocycles. The molecule has 8 heteroatoms. The summed E-state index contributed by atoms with van der Waals surface area (Å²) in [4.78, 5) is 26.2. The number of imidazole rings is 1. The van der Waals surface area contributed by atoms with Gasteiger partial charge in [-0.1, -0.05) is 5.21 Å². The average molecular weight is 197 g/mol. The van der Waals surface area contributed by atoms with Gasteiger partial charge in [0, 0.05) is 11.1 Å². The van der Waals surface area contributed by atoms with E-state index in [1.807, 2.05) is 0 Å². The molecule has 2 aromatic heterocycles. The zero-order chi connectivity index (χ0) is 12.8. The number of aryl methyl sites for hydroxylation is 1. The van der Waals surface area contributed by atoms with E-state index in [1.54, 1.807) is 0 Å². The highest BCUT2D eigenvalue weighted by atomic mass is 16.2. The summed E-state index contributed by atoms with van der Waals surface area (Å²) in [5.74, 6) is -0.882. The van der Waals surface area contributed by atoms with Crippen LogP contribution < -0.4 is 11.4 Å². The molecule has 8 nitrogen and oxygen atoms in total. The molecule has 0 radical (unpaired) electrons. The van der Waals surface area contributed by atoms with Crippen LogP contribution in [-0.4, -0.2) is 30.3 Å². The number of primary amides is 1. The van der Waals surface area contributed by atoms with E-state index in [4.69, 9.17) is 9.85 Å². The normalized spacial score (nSPS) is 14.7. The molecule has 0 bridgehead atoms. The lowest BCUT2D eigenvalue weighted by molar-refractivity contribution is 0.0997. The average Bonchev–Trinajstić information content (AvgIpc) is 2.60. The van der Waals surface area contributed by atoms with Gasteiger partial charge in [0.25, 0.3) is 5.91 Å². The van der Waals surface area contributed by atoms with Gasteiger partial charge in [-0.15, -0.1) is 5.10 Å². The summed E-state index contributed by atoms with van der Waals surface area (Å²) in [6.45, 7) is -2.75. The SMILES string of the molecule is [2H]C([2H])([2H])n1nnc2c(C(N)=O)ncn2c1=O. The van der Waals surface area contributed by atoms with Crippen molar-refractivity contribution in [2.24, 2.45) is 12.7 Å². The van der Waals surface area contributed by atoms with E-state index in [2.05, 4.69) is 15.3 Å². The van der Waals surface area contributed by atoms with Crippen molar-refractivity contribution in [3.63, 3.8) is 0 Å². The minimum Gasteiger partial charge on any atom is -0.364 e. The lowest BCUT2D eigenvalue weighted by Gasteiger charge is -1.95. The van der Waals surface area contributed by atoms with Crippen LogP contribution in [0.1, 0.15) is 14.6 Å². The van der Waals surface area contributed by atoms with Gasteiger partial charge in [0.05, 0.1) is 0 Å². The van der Waals surface area contributed by atoms with Crippen LogP contribution in [0.4, 0.5) is 0 Å². The smallest absolute Gasteiger partial charge is 0.352 e. The third-order valence-corrected chi connectivity index (χ3v) is 1.59. The van der Waals surface area contributed by atoms with E-state index in [0.717, 1.165) is 10.7 Å². The van der Waals surface area contributed by atoms with Crippen molar-refractivity contribution in [2.75, 3.05) is 0 Å². The highest BCUT2D eigenvalue weighted by Crippen LogP contribution is 2.00. The molecule has 0 atom stereocenters. The fourth-order valence-corrected chi connectivity index (χ4v) is 0.979. The van der Waals surface area contributed by atoms with Crippen molar-refractivity contribution in [3.8, 4) is 0 Å². The van der Waals surface area contributed by atoms with Gasteiger partial charge < -0.3 is 5.73 Å². The number of nitrogens with two attached hydrogens (primary N) is 1. The molecule has 0 aliphatic rings. The maximum atomic E-state index is 11.7.